The summed E-state index contributed by atoms with van der Waals surface area (Å²) in [5, 5.41) is 4.09. The normalized spacial score (nSPS) is 43.5. The second-order valence-electron chi connectivity index (χ2n) is 6.02. The molecule has 0 aromatic rings. The summed E-state index contributed by atoms with van der Waals surface area (Å²) in [6.07, 6.45) is 7.45. The van der Waals surface area contributed by atoms with Gasteiger partial charge in [0.2, 0.25) is 5.91 Å². The van der Waals surface area contributed by atoms with Crippen LogP contribution < -0.4 is 5.32 Å². The number of fused-ring (bicyclic) bond motifs is 1. The lowest BCUT2D eigenvalue weighted by Gasteiger charge is -2.17. The third kappa shape index (κ3) is 2.64. The van der Waals surface area contributed by atoms with Crippen LogP contribution in [0, 0.1) is 17.8 Å². The van der Waals surface area contributed by atoms with Gasteiger partial charge in [0, 0.05) is 17.2 Å². The maximum atomic E-state index is 12.1. The molecule has 0 saturated heterocycles. The van der Waals surface area contributed by atoms with Crippen LogP contribution in [0.3, 0.4) is 0 Å². The van der Waals surface area contributed by atoms with E-state index in [9.17, 15) is 4.79 Å². The monoisotopic (exact) mass is 253 g/mol. The summed E-state index contributed by atoms with van der Waals surface area (Å²) in [5.41, 5.74) is 0. The zero-order valence-corrected chi connectivity index (χ0v) is 11.5. The largest absolute Gasteiger partial charge is 0.353 e. The minimum absolute atomic E-state index is 0.358. The van der Waals surface area contributed by atoms with E-state index >= 15 is 0 Å². The van der Waals surface area contributed by atoms with Gasteiger partial charge in [-0.05, 0) is 56.1 Å². The number of amides is 1. The van der Waals surface area contributed by atoms with E-state index in [-0.39, 0.29) is 0 Å². The SMILES string of the molecule is CCSC1CCC(NC(=O)C2CC3CC3C2)C1. The minimum Gasteiger partial charge on any atom is -0.353 e. The van der Waals surface area contributed by atoms with Gasteiger partial charge in [-0.25, -0.2) is 0 Å². The van der Waals surface area contributed by atoms with Crippen molar-refractivity contribution < 1.29 is 4.79 Å². The third-order valence-electron chi connectivity index (χ3n) is 4.75. The molecule has 4 unspecified atom stereocenters. The Balaban J connectivity index is 1.43. The van der Waals surface area contributed by atoms with Crippen LogP contribution in [0.15, 0.2) is 0 Å². The number of rotatable bonds is 4. The number of hydrogen-bond donors (Lipinski definition) is 1. The fourth-order valence-electron chi connectivity index (χ4n) is 3.71. The molecular formula is C14H23NOS. The van der Waals surface area contributed by atoms with E-state index in [0.29, 0.717) is 17.9 Å². The number of thioether (sulfide) groups is 1. The van der Waals surface area contributed by atoms with Crippen LogP contribution in [0.25, 0.3) is 0 Å². The van der Waals surface area contributed by atoms with E-state index < -0.39 is 0 Å². The van der Waals surface area contributed by atoms with Crippen LogP contribution in [0.5, 0.6) is 0 Å². The lowest BCUT2D eigenvalue weighted by Crippen LogP contribution is -2.37. The second-order valence-corrected chi connectivity index (χ2v) is 7.60. The Morgan fingerprint density at radius 2 is 1.94 bits per heavy atom. The summed E-state index contributed by atoms with van der Waals surface area (Å²) in [6.45, 7) is 2.22. The fraction of sp³-hybridized carbons (Fsp3) is 0.929. The molecule has 0 heterocycles. The van der Waals surface area contributed by atoms with Crippen molar-refractivity contribution in [1.29, 1.82) is 0 Å². The molecule has 0 spiro atoms. The van der Waals surface area contributed by atoms with E-state index in [1.54, 1.807) is 0 Å². The molecule has 0 aromatic carbocycles. The Kier molecular flexibility index (Phi) is 3.38. The van der Waals surface area contributed by atoms with Crippen LogP contribution in [-0.2, 0) is 4.79 Å². The molecule has 96 valence electrons. The van der Waals surface area contributed by atoms with Gasteiger partial charge >= 0.3 is 0 Å². The van der Waals surface area contributed by atoms with Gasteiger partial charge in [0.1, 0.15) is 0 Å². The van der Waals surface area contributed by atoms with Gasteiger partial charge in [-0.15, -0.1) is 0 Å². The highest BCUT2D eigenvalue weighted by molar-refractivity contribution is 7.99. The number of nitrogens with one attached hydrogen (secondary N) is 1. The molecule has 3 saturated carbocycles. The van der Waals surface area contributed by atoms with Crippen molar-refractivity contribution in [3.05, 3.63) is 0 Å². The zero-order chi connectivity index (χ0) is 11.8. The predicted molar refractivity (Wildman–Crippen MR) is 72.0 cm³/mol. The maximum Gasteiger partial charge on any atom is 0.223 e. The molecule has 3 aliphatic carbocycles. The first-order chi connectivity index (χ1) is 8.26. The van der Waals surface area contributed by atoms with Crippen molar-refractivity contribution in [3.63, 3.8) is 0 Å². The van der Waals surface area contributed by atoms with Gasteiger partial charge in [-0.1, -0.05) is 6.92 Å². The number of hydrogen-bond acceptors (Lipinski definition) is 2. The van der Waals surface area contributed by atoms with Gasteiger partial charge in [0.25, 0.3) is 0 Å². The molecule has 0 bridgehead atoms. The van der Waals surface area contributed by atoms with E-state index in [1.807, 2.05) is 0 Å². The van der Waals surface area contributed by atoms with Crippen molar-refractivity contribution in [2.75, 3.05) is 5.75 Å². The van der Waals surface area contributed by atoms with Crippen LogP contribution >= 0.6 is 11.8 Å². The quantitative estimate of drug-likeness (QED) is 0.834. The standard InChI is InChI=1S/C14H23NOS/c1-2-17-13-4-3-12(8-13)15-14(16)11-6-9-5-10(9)7-11/h9-13H,2-8H2,1H3,(H,15,16). The Hall–Kier alpha value is -0.180. The molecule has 3 heteroatoms. The second kappa shape index (κ2) is 4.83. The summed E-state index contributed by atoms with van der Waals surface area (Å²) >= 11 is 2.06. The molecule has 17 heavy (non-hydrogen) atoms. The lowest BCUT2D eigenvalue weighted by molar-refractivity contribution is -0.125. The first kappa shape index (κ1) is 11.9. The van der Waals surface area contributed by atoms with Crippen molar-refractivity contribution in [1.82, 2.24) is 5.32 Å². The van der Waals surface area contributed by atoms with Crippen LogP contribution in [0.1, 0.15) is 45.4 Å². The molecule has 0 aliphatic heterocycles. The molecule has 1 N–H and O–H groups in total. The molecule has 3 fully saturated rings. The Labute approximate surface area is 108 Å². The molecule has 3 aliphatic rings. The third-order valence-corrected chi connectivity index (χ3v) is 5.98. The topological polar surface area (TPSA) is 29.1 Å². The van der Waals surface area contributed by atoms with E-state index in [1.165, 1.54) is 44.3 Å². The zero-order valence-electron chi connectivity index (χ0n) is 10.7. The van der Waals surface area contributed by atoms with Gasteiger partial charge < -0.3 is 5.32 Å². The Bertz CT molecular complexity index is 297. The minimum atomic E-state index is 0.358. The van der Waals surface area contributed by atoms with Crippen molar-refractivity contribution in [2.24, 2.45) is 17.8 Å². The van der Waals surface area contributed by atoms with Gasteiger partial charge in [0.15, 0.2) is 0 Å². The van der Waals surface area contributed by atoms with Crippen LogP contribution in [0.4, 0.5) is 0 Å². The average molecular weight is 253 g/mol. The fourth-order valence-corrected chi connectivity index (χ4v) is 4.85. The first-order valence-electron chi connectivity index (χ1n) is 7.18. The van der Waals surface area contributed by atoms with E-state index in [2.05, 4.69) is 24.0 Å². The smallest absolute Gasteiger partial charge is 0.223 e. The number of carbonyl (C=O) groups is 1. The number of carbonyl (C=O) groups excluding carboxylic acids is 1. The van der Waals surface area contributed by atoms with Crippen molar-refractivity contribution in [3.8, 4) is 0 Å². The van der Waals surface area contributed by atoms with Crippen molar-refractivity contribution >= 4 is 17.7 Å². The summed E-state index contributed by atoms with van der Waals surface area (Å²) < 4.78 is 0. The molecule has 0 aromatic heterocycles. The van der Waals surface area contributed by atoms with Crippen molar-refractivity contribution in [2.45, 2.75) is 56.7 Å². The average Bonchev–Trinajstić information content (AvgIpc) is 2.75. The Morgan fingerprint density at radius 3 is 2.65 bits per heavy atom. The molecule has 4 atom stereocenters. The summed E-state index contributed by atoms with van der Waals surface area (Å²) in [7, 11) is 0. The highest BCUT2D eigenvalue weighted by atomic mass is 32.2. The summed E-state index contributed by atoms with van der Waals surface area (Å²) in [6, 6.07) is 0.475. The van der Waals surface area contributed by atoms with Gasteiger partial charge in [0.05, 0.1) is 0 Å². The van der Waals surface area contributed by atoms with Gasteiger partial charge in [-0.3, -0.25) is 4.79 Å². The lowest BCUT2D eigenvalue weighted by atomic mass is 10.0. The molecule has 3 rings (SSSR count). The summed E-state index contributed by atoms with van der Waals surface area (Å²) in [4.78, 5) is 12.1. The van der Waals surface area contributed by atoms with Crippen LogP contribution in [0.2, 0.25) is 0 Å². The Morgan fingerprint density at radius 1 is 1.18 bits per heavy atom. The van der Waals surface area contributed by atoms with E-state index in [0.717, 1.165) is 17.1 Å². The maximum absolute atomic E-state index is 12.1. The molecule has 2 nitrogen and oxygen atoms in total. The van der Waals surface area contributed by atoms with E-state index in [4.69, 9.17) is 0 Å². The molecule has 0 radical (unpaired) electrons. The van der Waals surface area contributed by atoms with Crippen LogP contribution in [-0.4, -0.2) is 23.0 Å². The van der Waals surface area contributed by atoms with Gasteiger partial charge in [-0.2, -0.15) is 11.8 Å². The highest BCUT2D eigenvalue weighted by Crippen LogP contribution is 2.54. The molecule has 1 amide bonds. The predicted octanol–water partition coefficient (Wildman–Crippen LogP) is 2.82. The summed E-state index contributed by atoms with van der Waals surface area (Å²) in [5.74, 6) is 3.76. The first-order valence-corrected chi connectivity index (χ1v) is 8.23. The molecular weight excluding hydrogens is 230 g/mol. The highest BCUT2D eigenvalue weighted by Gasteiger charge is 2.48.